The number of rotatable bonds is 4. The van der Waals surface area contributed by atoms with E-state index in [0.29, 0.717) is 50.4 Å². The zero-order valence-electron chi connectivity index (χ0n) is 14.7. The standard InChI is InChI=1S/C18H22N4O4/c1-20(17(23)14-4-2-13(8-19)3-5-14)6-7-21-9-15-11-22(18(24)25)12-16(10-21)26-15/h2-5,15-16H,6-7,9-12H2,1H3,(H,24,25). The van der Waals surface area contributed by atoms with Crippen LogP contribution in [0.1, 0.15) is 15.9 Å². The van der Waals surface area contributed by atoms with Crippen molar-refractivity contribution in [2.45, 2.75) is 12.2 Å². The topological polar surface area (TPSA) is 97.1 Å². The van der Waals surface area contributed by atoms with Gasteiger partial charge in [0, 0.05) is 38.8 Å². The summed E-state index contributed by atoms with van der Waals surface area (Å²) in [4.78, 5) is 28.9. The Balaban J connectivity index is 1.50. The summed E-state index contributed by atoms with van der Waals surface area (Å²) in [6, 6.07) is 8.64. The minimum absolute atomic E-state index is 0.0833. The van der Waals surface area contributed by atoms with Crippen molar-refractivity contribution in [1.29, 1.82) is 5.26 Å². The van der Waals surface area contributed by atoms with E-state index in [2.05, 4.69) is 4.90 Å². The molecule has 2 aliphatic heterocycles. The van der Waals surface area contributed by atoms with E-state index in [1.165, 1.54) is 4.90 Å². The second-order valence-corrected chi connectivity index (χ2v) is 6.74. The molecule has 2 saturated heterocycles. The molecule has 0 aromatic heterocycles. The lowest BCUT2D eigenvalue weighted by atomic mass is 10.1. The number of fused-ring (bicyclic) bond motifs is 2. The number of ether oxygens (including phenoxy) is 1. The molecule has 2 bridgehead atoms. The molecule has 26 heavy (non-hydrogen) atoms. The molecule has 1 aromatic rings. The van der Waals surface area contributed by atoms with Gasteiger partial charge in [-0.05, 0) is 24.3 Å². The fourth-order valence-corrected chi connectivity index (χ4v) is 3.42. The van der Waals surface area contributed by atoms with Gasteiger partial charge in [-0.2, -0.15) is 5.26 Å². The summed E-state index contributed by atoms with van der Waals surface area (Å²) in [5.41, 5.74) is 1.09. The van der Waals surface area contributed by atoms with Gasteiger partial charge in [0.05, 0.1) is 36.9 Å². The molecule has 0 radical (unpaired) electrons. The van der Waals surface area contributed by atoms with Crippen molar-refractivity contribution in [2.75, 3.05) is 46.3 Å². The highest BCUT2D eigenvalue weighted by Crippen LogP contribution is 2.19. The summed E-state index contributed by atoms with van der Waals surface area (Å²) in [7, 11) is 1.76. The average Bonchev–Trinajstić information content (AvgIpc) is 2.64. The molecule has 1 aromatic carbocycles. The molecule has 0 aliphatic carbocycles. The smallest absolute Gasteiger partial charge is 0.407 e. The highest BCUT2D eigenvalue weighted by Gasteiger charge is 2.36. The Morgan fingerprint density at radius 1 is 1.23 bits per heavy atom. The predicted octanol–water partition coefficient (Wildman–Crippen LogP) is 0.693. The molecule has 2 atom stereocenters. The maximum absolute atomic E-state index is 12.5. The fraction of sp³-hybridized carbons (Fsp3) is 0.500. The number of hydrogen-bond acceptors (Lipinski definition) is 5. The van der Waals surface area contributed by atoms with Gasteiger partial charge in [-0.3, -0.25) is 9.69 Å². The number of carbonyl (C=O) groups is 2. The van der Waals surface area contributed by atoms with Gasteiger partial charge in [-0.25, -0.2) is 4.79 Å². The first kappa shape index (κ1) is 18.2. The van der Waals surface area contributed by atoms with E-state index in [1.54, 1.807) is 36.2 Å². The lowest BCUT2D eigenvalue weighted by molar-refractivity contribution is -0.131. The predicted molar refractivity (Wildman–Crippen MR) is 92.8 cm³/mol. The minimum atomic E-state index is -0.899. The van der Waals surface area contributed by atoms with Crippen LogP contribution in [0.2, 0.25) is 0 Å². The number of benzene rings is 1. The summed E-state index contributed by atoms with van der Waals surface area (Å²) in [5, 5.41) is 18.0. The number of likely N-dealkylation sites (N-methyl/N-ethyl adjacent to an activating group) is 1. The zero-order chi connectivity index (χ0) is 18.7. The number of carboxylic acid groups (broad SMARTS) is 1. The van der Waals surface area contributed by atoms with Crippen LogP contribution >= 0.6 is 0 Å². The lowest BCUT2D eigenvalue weighted by Crippen LogP contribution is -2.60. The number of nitriles is 1. The maximum atomic E-state index is 12.5. The lowest BCUT2D eigenvalue weighted by Gasteiger charge is -2.45. The molecule has 2 amide bonds. The van der Waals surface area contributed by atoms with Crippen LogP contribution in [-0.2, 0) is 4.74 Å². The highest BCUT2D eigenvalue weighted by molar-refractivity contribution is 5.94. The summed E-state index contributed by atoms with van der Waals surface area (Å²) in [6.07, 6.45) is -1.12. The van der Waals surface area contributed by atoms with E-state index in [-0.39, 0.29) is 18.1 Å². The number of carbonyl (C=O) groups excluding carboxylic acids is 1. The van der Waals surface area contributed by atoms with E-state index in [1.807, 2.05) is 6.07 Å². The van der Waals surface area contributed by atoms with Crippen LogP contribution in [0.4, 0.5) is 4.79 Å². The van der Waals surface area contributed by atoms with Crippen LogP contribution in [0.25, 0.3) is 0 Å². The molecule has 138 valence electrons. The molecular formula is C18H22N4O4. The Hall–Kier alpha value is -2.63. The molecule has 8 nitrogen and oxygen atoms in total. The van der Waals surface area contributed by atoms with Crippen LogP contribution in [0.15, 0.2) is 24.3 Å². The summed E-state index contributed by atoms with van der Waals surface area (Å²) >= 11 is 0. The molecule has 2 heterocycles. The van der Waals surface area contributed by atoms with Crippen LogP contribution in [0.5, 0.6) is 0 Å². The normalized spacial score (nSPS) is 22.5. The minimum Gasteiger partial charge on any atom is -0.465 e. The van der Waals surface area contributed by atoms with Gasteiger partial charge in [0.15, 0.2) is 0 Å². The molecule has 0 saturated carbocycles. The first-order chi connectivity index (χ1) is 12.5. The van der Waals surface area contributed by atoms with Gasteiger partial charge in [-0.1, -0.05) is 0 Å². The first-order valence-corrected chi connectivity index (χ1v) is 8.57. The van der Waals surface area contributed by atoms with Crippen LogP contribution < -0.4 is 0 Å². The Labute approximate surface area is 152 Å². The van der Waals surface area contributed by atoms with Crippen molar-refractivity contribution >= 4 is 12.0 Å². The van der Waals surface area contributed by atoms with E-state index < -0.39 is 6.09 Å². The Morgan fingerprint density at radius 3 is 2.38 bits per heavy atom. The molecule has 8 heteroatoms. The van der Waals surface area contributed by atoms with Crippen LogP contribution in [0, 0.1) is 11.3 Å². The number of hydrogen-bond donors (Lipinski definition) is 1. The van der Waals surface area contributed by atoms with Gasteiger partial charge >= 0.3 is 6.09 Å². The fourth-order valence-electron chi connectivity index (χ4n) is 3.42. The Kier molecular flexibility index (Phi) is 5.40. The summed E-state index contributed by atoms with van der Waals surface area (Å²) < 4.78 is 5.82. The van der Waals surface area contributed by atoms with Gasteiger partial charge in [-0.15, -0.1) is 0 Å². The highest BCUT2D eigenvalue weighted by atomic mass is 16.5. The van der Waals surface area contributed by atoms with E-state index in [0.717, 1.165) is 0 Å². The number of morpholine rings is 2. The van der Waals surface area contributed by atoms with Crippen molar-refractivity contribution in [3.05, 3.63) is 35.4 Å². The third-order valence-electron chi connectivity index (χ3n) is 4.79. The number of nitrogens with zero attached hydrogens (tertiary/aromatic N) is 4. The van der Waals surface area contributed by atoms with Gasteiger partial charge in [0.25, 0.3) is 5.91 Å². The Bertz CT molecular complexity index is 701. The van der Waals surface area contributed by atoms with Crippen LogP contribution in [-0.4, -0.2) is 90.3 Å². The van der Waals surface area contributed by atoms with Crippen molar-refractivity contribution < 1.29 is 19.4 Å². The maximum Gasteiger partial charge on any atom is 0.407 e. The molecule has 3 rings (SSSR count). The quantitative estimate of drug-likeness (QED) is 0.851. The molecule has 0 spiro atoms. The molecule has 2 fully saturated rings. The van der Waals surface area contributed by atoms with Crippen molar-refractivity contribution in [3.63, 3.8) is 0 Å². The second kappa shape index (κ2) is 7.72. The summed E-state index contributed by atoms with van der Waals surface area (Å²) in [5.74, 6) is -0.0833. The van der Waals surface area contributed by atoms with Crippen molar-refractivity contribution in [1.82, 2.24) is 14.7 Å². The van der Waals surface area contributed by atoms with Gasteiger partial charge < -0.3 is 19.6 Å². The third-order valence-corrected chi connectivity index (χ3v) is 4.79. The summed E-state index contributed by atoms with van der Waals surface area (Å²) in [6.45, 7) is 3.39. The van der Waals surface area contributed by atoms with E-state index >= 15 is 0 Å². The monoisotopic (exact) mass is 358 g/mol. The zero-order valence-corrected chi connectivity index (χ0v) is 14.7. The number of amides is 2. The van der Waals surface area contributed by atoms with Gasteiger partial charge in [0.1, 0.15) is 0 Å². The molecule has 2 aliphatic rings. The van der Waals surface area contributed by atoms with Crippen molar-refractivity contribution in [2.24, 2.45) is 0 Å². The van der Waals surface area contributed by atoms with Crippen molar-refractivity contribution in [3.8, 4) is 6.07 Å². The Morgan fingerprint density at radius 2 is 1.85 bits per heavy atom. The van der Waals surface area contributed by atoms with Crippen LogP contribution in [0.3, 0.4) is 0 Å². The molecular weight excluding hydrogens is 336 g/mol. The first-order valence-electron chi connectivity index (χ1n) is 8.57. The molecule has 1 N–H and O–H groups in total. The van der Waals surface area contributed by atoms with E-state index in [9.17, 15) is 9.59 Å². The second-order valence-electron chi connectivity index (χ2n) is 6.74. The third kappa shape index (κ3) is 4.12. The average molecular weight is 358 g/mol. The van der Waals surface area contributed by atoms with Gasteiger partial charge in [0.2, 0.25) is 0 Å². The largest absolute Gasteiger partial charge is 0.465 e. The molecule has 2 unspecified atom stereocenters. The van der Waals surface area contributed by atoms with E-state index in [4.69, 9.17) is 15.1 Å². The SMILES string of the molecule is CN(CCN1CC2CN(C(=O)O)CC(C1)O2)C(=O)c1ccc(C#N)cc1.